The first-order valence-electron chi connectivity index (χ1n) is 9.36. The minimum absolute atomic E-state index is 0.172. The van der Waals surface area contributed by atoms with E-state index < -0.39 is 6.09 Å². The van der Waals surface area contributed by atoms with Crippen molar-refractivity contribution in [2.45, 2.75) is 39.0 Å². The lowest BCUT2D eigenvalue weighted by Gasteiger charge is -2.01. The molecule has 2 aromatic heterocycles. The number of anilines is 2. The Hall–Kier alpha value is -2.92. The van der Waals surface area contributed by atoms with Gasteiger partial charge < -0.3 is 10.1 Å². The lowest BCUT2D eigenvalue weighted by Crippen LogP contribution is -2.12. The molecule has 2 N–H and O–H groups in total. The Morgan fingerprint density at radius 1 is 1.00 bits per heavy atom. The third-order valence-electron chi connectivity index (χ3n) is 3.65. The highest BCUT2D eigenvalue weighted by molar-refractivity contribution is 7.15. The van der Waals surface area contributed by atoms with Crippen LogP contribution in [-0.4, -0.2) is 39.0 Å². The van der Waals surface area contributed by atoms with Crippen molar-refractivity contribution in [3.05, 3.63) is 47.0 Å². The number of ether oxygens (including phenoxy) is 1. The fourth-order valence-corrected chi connectivity index (χ4v) is 3.88. The van der Waals surface area contributed by atoms with E-state index in [9.17, 15) is 9.59 Å². The number of carbonyl (C=O) groups is 2. The molecule has 0 aliphatic carbocycles. The van der Waals surface area contributed by atoms with Crippen LogP contribution in [0.2, 0.25) is 0 Å². The average Bonchev–Trinajstić information content (AvgIpc) is 3.34. The highest BCUT2D eigenvalue weighted by atomic mass is 32.1. The van der Waals surface area contributed by atoms with Crippen LogP contribution in [0.1, 0.15) is 36.2 Å². The Kier molecular flexibility index (Phi) is 9.81. The van der Waals surface area contributed by atoms with Crippen LogP contribution in [0.25, 0.3) is 0 Å². The highest BCUT2D eigenvalue weighted by Gasteiger charge is 2.11. The number of hydrogen-bond acceptors (Lipinski definition) is 9. The first-order chi connectivity index (χ1) is 14.5. The van der Waals surface area contributed by atoms with Gasteiger partial charge in [-0.15, -0.1) is 20.4 Å². The number of rotatable bonds is 12. The van der Waals surface area contributed by atoms with Gasteiger partial charge in [0.15, 0.2) is 0 Å². The number of nitrogens with one attached hydrogen (secondary N) is 2. The molecule has 0 bridgehead atoms. The molecule has 2 heterocycles. The maximum absolute atomic E-state index is 12.0. The molecule has 0 atom stereocenters. The van der Waals surface area contributed by atoms with Crippen molar-refractivity contribution in [1.82, 2.24) is 20.4 Å². The largest absolute Gasteiger partial charge is 0.450 e. The number of nitrogens with zero attached hydrogens (tertiary/aromatic N) is 4. The van der Waals surface area contributed by atoms with E-state index >= 15 is 0 Å². The van der Waals surface area contributed by atoms with Crippen molar-refractivity contribution in [3.63, 3.8) is 0 Å². The molecule has 160 valence electrons. The molecule has 2 aromatic rings. The number of amides is 2. The second-order valence-electron chi connectivity index (χ2n) is 5.96. The van der Waals surface area contributed by atoms with Gasteiger partial charge in [-0.05, 0) is 25.3 Å². The average molecular weight is 449 g/mol. The van der Waals surface area contributed by atoms with Crippen molar-refractivity contribution in [3.8, 4) is 0 Å². The second kappa shape index (κ2) is 12.6. The lowest BCUT2D eigenvalue weighted by molar-refractivity contribution is -0.115. The summed E-state index contributed by atoms with van der Waals surface area (Å²) < 4.78 is 4.80. The number of unbranched alkanes of at least 4 members (excludes halogenated alkanes) is 1. The Labute approximate surface area is 183 Å². The Bertz CT molecular complexity index is 906. The van der Waals surface area contributed by atoms with E-state index in [0.29, 0.717) is 16.9 Å². The first-order valence-corrected chi connectivity index (χ1v) is 11.0. The Balaban J connectivity index is 1.71. The quantitative estimate of drug-likeness (QED) is 0.370. The van der Waals surface area contributed by atoms with Crippen LogP contribution < -0.4 is 10.6 Å². The summed E-state index contributed by atoms with van der Waals surface area (Å²) in [6.07, 6.45) is 7.96. The molecule has 2 amide bonds. The van der Waals surface area contributed by atoms with Gasteiger partial charge in [0.25, 0.3) is 0 Å². The number of carbonyl (C=O) groups excluding carboxylic acids is 2. The molecule has 0 saturated carbocycles. The van der Waals surface area contributed by atoms with Crippen molar-refractivity contribution < 1.29 is 14.3 Å². The zero-order valence-electron chi connectivity index (χ0n) is 16.7. The highest BCUT2D eigenvalue weighted by Crippen LogP contribution is 2.20. The van der Waals surface area contributed by atoms with Crippen molar-refractivity contribution in [2.75, 3.05) is 17.2 Å². The maximum Gasteiger partial charge on any atom is 0.413 e. The summed E-state index contributed by atoms with van der Waals surface area (Å²) in [4.78, 5) is 23.4. The second-order valence-corrected chi connectivity index (χ2v) is 8.08. The van der Waals surface area contributed by atoms with Crippen LogP contribution in [0, 0.1) is 0 Å². The molecular formula is C19H24N6O3S2. The maximum atomic E-state index is 12.0. The summed E-state index contributed by atoms with van der Waals surface area (Å²) in [5.74, 6) is -0.172. The van der Waals surface area contributed by atoms with Crippen LogP contribution >= 0.6 is 22.7 Å². The van der Waals surface area contributed by atoms with E-state index in [1.165, 1.54) is 22.7 Å². The lowest BCUT2D eigenvalue weighted by atomic mass is 10.1. The van der Waals surface area contributed by atoms with E-state index in [0.717, 1.165) is 41.3 Å². The molecule has 9 nitrogen and oxygen atoms in total. The van der Waals surface area contributed by atoms with E-state index in [-0.39, 0.29) is 12.3 Å². The van der Waals surface area contributed by atoms with Gasteiger partial charge in [0.1, 0.15) is 10.0 Å². The van der Waals surface area contributed by atoms with Gasteiger partial charge >= 0.3 is 6.09 Å². The summed E-state index contributed by atoms with van der Waals surface area (Å²) in [5.41, 5.74) is 0.782. The number of aromatic nitrogens is 4. The predicted octanol–water partition coefficient (Wildman–Crippen LogP) is 4.15. The molecule has 0 aromatic carbocycles. The van der Waals surface area contributed by atoms with Gasteiger partial charge in [-0.1, -0.05) is 54.1 Å². The molecule has 0 saturated heterocycles. The van der Waals surface area contributed by atoms with E-state index in [1.54, 1.807) is 25.2 Å². The number of allylic oxidation sites excluding steroid dienone is 3. The molecule has 30 heavy (non-hydrogen) atoms. The monoisotopic (exact) mass is 448 g/mol. The van der Waals surface area contributed by atoms with E-state index in [4.69, 9.17) is 4.74 Å². The first kappa shape index (κ1) is 23.4. The minimum Gasteiger partial charge on any atom is -0.450 e. The topological polar surface area (TPSA) is 119 Å². The summed E-state index contributed by atoms with van der Waals surface area (Å²) in [5, 5.41) is 24.0. The van der Waals surface area contributed by atoms with E-state index in [1.807, 2.05) is 0 Å². The molecule has 0 spiro atoms. The van der Waals surface area contributed by atoms with Gasteiger partial charge in [0, 0.05) is 12.8 Å². The molecule has 0 unspecified atom stereocenters. The summed E-state index contributed by atoms with van der Waals surface area (Å²) in [7, 11) is 0. The van der Waals surface area contributed by atoms with Gasteiger partial charge in [-0.3, -0.25) is 10.1 Å². The molecule has 11 heteroatoms. The predicted molar refractivity (Wildman–Crippen MR) is 119 cm³/mol. The SMILES string of the molecule is C=C/C=C(\C=C)CC(=O)Nc1nnc(CCCCc2nnc(NC(=O)OCC)s2)s1. The fourth-order valence-electron chi connectivity index (χ4n) is 2.32. The Morgan fingerprint density at radius 3 is 2.13 bits per heavy atom. The smallest absolute Gasteiger partial charge is 0.413 e. The van der Waals surface area contributed by atoms with Gasteiger partial charge in [0.2, 0.25) is 16.2 Å². The van der Waals surface area contributed by atoms with Gasteiger partial charge in [0.05, 0.1) is 13.0 Å². The summed E-state index contributed by atoms with van der Waals surface area (Å²) in [6.45, 7) is 9.33. The minimum atomic E-state index is -0.531. The fraction of sp³-hybridized carbons (Fsp3) is 0.368. The molecular weight excluding hydrogens is 424 g/mol. The summed E-state index contributed by atoms with van der Waals surface area (Å²) >= 11 is 2.69. The Morgan fingerprint density at radius 2 is 1.60 bits per heavy atom. The van der Waals surface area contributed by atoms with Crippen LogP contribution in [0.4, 0.5) is 15.1 Å². The molecule has 2 rings (SSSR count). The number of hydrogen-bond donors (Lipinski definition) is 2. The van der Waals surface area contributed by atoms with Crippen molar-refractivity contribution in [1.29, 1.82) is 0 Å². The number of aryl methyl sites for hydroxylation is 2. The van der Waals surface area contributed by atoms with Crippen molar-refractivity contribution in [2.24, 2.45) is 0 Å². The van der Waals surface area contributed by atoms with Crippen LogP contribution in [-0.2, 0) is 22.4 Å². The summed E-state index contributed by atoms with van der Waals surface area (Å²) in [6, 6.07) is 0. The van der Waals surface area contributed by atoms with Crippen LogP contribution in [0.15, 0.2) is 37.0 Å². The molecule has 0 radical (unpaired) electrons. The third-order valence-corrected chi connectivity index (χ3v) is 5.45. The molecule has 0 fully saturated rings. The van der Waals surface area contributed by atoms with Gasteiger partial charge in [-0.25, -0.2) is 4.79 Å². The molecule has 0 aliphatic heterocycles. The third kappa shape index (κ3) is 8.21. The van der Waals surface area contributed by atoms with Gasteiger partial charge in [-0.2, -0.15) is 0 Å². The van der Waals surface area contributed by atoms with Crippen molar-refractivity contribution >= 4 is 44.9 Å². The molecule has 0 aliphatic rings. The zero-order chi connectivity index (χ0) is 21.8. The zero-order valence-corrected chi connectivity index (χ0v) is 18.4. The standard InChI is InChI=1S/C19H24N6O3S2/c1-4-9-13(5-2)12-14(26)20-17-24-22-15(29-17)10-7-8-11-16-23-25-18(30-16)21-19(27)28-6-3/h4-5,9H,1-2,6-8,10-12H2,3H3,(H,20,24,26)(H,21,25,27)/b13-9+. The van der Waals surface area contributed by atoms with E-state index in [2.05, 4.69) is 44.2 Å². The van der Waals surface area contributed by atoms with Crippen LogP contribution in [0.3, 0.4) is 0 Å². The normalized spacial score (nSPS) is 11.0. The van der Waals surface area contributed by atoms with Crippen LogP contribution in [0.5, 0.6) is 0 Å².